The van der Waals surface area contributed by atoms with Gasteiger partial charge in [-0.25, -0.2) is 4.98 Å². The molecule has 0 radical (unpaired) electrons. The lowest BCUT2D eigenvalue weighted by molar-refractivity contribution is 0.423. The SMILES string of the molecule is CC(C)[C@H]1CCCc2ccc(Cl)nc21. The second-order valence-electron chi connectivity index (χ2n) is 4.42. The molecular weight excluding hydrogens is 194 g/mol. The van der Waals surface area contributed by atoms with Crippen LogP contribution in [0.2, 0.25) is 5.15 Å². The van der Waals surface area contributed by atoms with E-state index >= 15 is 0 Å². The van der Waals surface area contributed by atoms with E-state index in [1.165, 1.54) is 30.5 Å². The maximum Gasteiger partial charge on any atom is 0.129 e. The lowest BCUT2D eigenvalue weighted by Gasteiger charge is -2.27. The summed E-state index contributed by atoms with van der Waals surface area (Å²) in [4.78, 5) is 4.48. The number of hydrogen-bond donors (Lipinski definition) is 0. The molecule has 0 fully saturated rings. The van der Waals surface area contributed by atoms with Gasteiger partial charge < -0.3 is 0 Å². The first-order valence-electron chi connectivity index (χ1n) is 5.34. The van der Waals surface area contributed by atoms with Gasteiger partial charge in [0.25, 0.3) is 0 Å². The minimum absolute atomic E-state index is 0.609. The van der Waals surface area contributed by atoms with E-state index < -0.39 is 0 Å². The first-order chi connectivity index (χ1) is 6.68. The molecule has 1 aliphatic rings. The number of nitrogens with zero attached hydrogens (tertiary/aromatic N) is 1. The molecule has 0 unspecified atom stereocenters. The number of pyridine rings is 1. The minimum atomic E-state index is 0.609. The molecule has 0 N–H and O–H groups in total. The van der Waals surface area contributed by atoms with Crippen molar-refractivity contribution in [2.24, 2.45) is 5.92 Å². The Bertz CT molecular complexity index is 333. The third kappa shape index (κ3) is 1.78. The number of halogens is 1. The van der Waals surface area contributed by atoms with Crippen molar-refractivity contribution in [1.29, 1.82) is 0 Å². The molecule has 0 spiro atoms. The Morgan fingerprint density at radius 2 is 2.21 bits per heavy atom. The third-order valence-electron chi connectivity index (χ3n) is 3.10. The smallest absolute Gasteiger partial charge is 0.129 e. The molecule has 2 rings (SSSR count). The van der Waals surface area contributed by atoms with E-state index in [1.807, 2.05) is 6.07 Å². The van der Waals surface area contributed by atoms with Crippen LogP contribution in [0.1, 0.15) is 43.9 Å². The fourth-order valence-corrected chi connectivity index (χ4v) is 2.46. The van der Waals surface area contributed by atoms with Crippen LogP contribution in [0.25, 0.3) is 0 Å². The maximum absolute atomic E-state index is 5.94. The van der Waals surface area contributed by atoms with Gasteiger partial charge in [0.2, 0.25) is 0 Å². The van der Waals surface area contributed by atoms with Gasteiger partial charge >= 0.3 is 0 Å². The number of rotatable bonds is 1. The summed E-state index contributed by atoms with van der Waals surface area (Å²) in [6.07, 6.45) is 3.72. The van der Waals surface area contributed by atoms with Crippen LogP contribution in [0, 0.1) is 5.92 Å². The van der Waals surface area contributed by atoms with Crippen LogP contribution >= 0.6 is 11.6 Å². The van der Waals surface area contributed by atoms with Gasteiger partial charge in [-0.1, -0.05) is 31.5 Å². The molecule has 1 aromatic heterocycles. The van der Waals surface area contributed by atoms with Gasteiger partial charge in [0, 0.05) is 11.6 Å². The van der Waals surface area contributed by atoms with Crippen LogP contribution in [0.3, 0.4) is 0 Å². The first-order valence-corrected chi connectivity index (χ1v) is 5.71. The zero-order valence-electron chi connectivity index (χ0n) is 8.76. The van der Waals surface area contributed by atoms with Gasteiger partial charge in [0.05, 0.1) is 0 Å². The van der Waals surface area contributed by atoms with E-state index in [0.717, 1.165) is 0 Å². The Balaban J connectivity index is 2.41. The summed E-state index contributed by atoms with van der Waals surface area (Å²) in [6, 6.07) is 4.04. The average Bonchev–Trinajstić information content (AvgIpc) is 2.16. The fourth-order valence-electron chi connectivity index (χ4n) is 2.31. The second kappa shape index (κ2) is 3.90. The molecule has 0 aliphatic heterocycles. The molecule has 0 amide bonds. The lowest BCUT2D eigenvalue weighted by atomic mass is 9.80. The van der Waals surface area contributed by atoms with E-state index in [9.17, 15) is 0 Å². The number of aryl methyl sites for hydroxylation is 1. The zero-order valence-corrected chi connectivity index (χ0v) is 9.51. The summed E-state index contributed by atoms with van der Waals surface area (Å²) < 4.78 is 0. The van der Waals surface area contributed by atoms with Crippen LogP contribution in [0.5, 0.6) is 0 Å². The van der Waals surface area contributed by atoms with Crippen molar-refractivity contribution in [3.05, 3.63) is 28.5 Å². The topological polar surface area (TPSA) is 12.9 Å². The van der Waals surface area contributed by atoms with Crippen molar-refractivity contribution in [3.8, 4) is 0 Å². The van der Waals surface area contributed by atoms with Crippen LogP contribution < -0.4 is 0 Å². The highest BCUT2D eigenvalue weighted by molar-refractivity contribution is 6.29. The van der Waals surface area contributed by atoms with Crippen LogP contribution in [0.15, 0.2) is 12.1 Å². The summed E-state index contributed by atoms with van der Waals surface area (Å²) in [5.41, 5.74) is 2.65. The summed E-state index contributed by atoms with van der Waals surface area (Å²) in [5.74, 6) is 1.28. The second-order valence-corrected chi connectivity index (χ2v) is 4.81. The molecule has 1 aliphatic carbocycles. The highest BCUT2D eigenvalue weighted by atomic mass is 35.5. The Morgan fingerprint density at radius 1 is 1.43 bits per heavy atom. The van der Waals surface area contributed by atoms with Crippen molar-refractivity contribution in [2.75, 3.05) is 0 Å². The number of fused-ring (bicyclic) bond motifs is 1. The van der Waals surface area contributed by atoms with Gasteiger partial charge in [-0.3, -0.25) is 0 Å². The highest BCUT2D eigenvalue weighted by Gasteiger charge is 2.24. The molecule has 1 heterocycles. The van der Waals surface area contributed by atoms with Gasteiger partial charge in [-0.15, -0.1) is 0 Å². The Kier molecular flexibility index (Phi) is 2.78. The van der Waals surface area contributed by atoms with Crippen molar-refractivity contribution < 1.29 is 0 Å². The Morgan fingerprint density at radius 3 is 2.93 bits per heavy atom. The van der Waals surface area contributed by atoms with E-state index in [4.69, 9.17) is 11.6 Å². The van der Waals surface area contributed by atoms with Crippen molar-refractivity contribution in [3.63, 3.8) is 0 Å². The standard InChI is InChI=1S/C12H16ClN/c1-8(2)10-5-3-4-9-6-7-11(13)14-12(9)10/h6-8,10H,3-5H2,1-2H3/t10-/m1/s1. The molecule has 1 atom stereocenters. The van der Waals surface area contributed by atoms with Crippen LogP contribution in [-0.4, -0.2) is 4.98 Å². The molecule has 0 saturated carbocycles. The van der Waals surface area contributed by atoms with E-state index in [0.29, 0.717) is 17.0 Å². The molecule has 0 saturated heterocycles. The summed E-state index contributed by atoms with van der Waals surface area (Å²) in [7, 11) is 0. The molecule has 2 heteroatoms. The van der Waals surface area contributed by atoms with Crippen molar-refractivity contribution in [2.45, 2.75) is 39.0 Å². The van der Waals surface area contributed by atoms with E-state index in [1.54, 1.807) is 0 Å². The maximum atomic E-state index is 5.94. The normalized spacial score (nSPS) is 21.0. The summed E-state index contributed by atoms with van der Waals surface area (Å²) >= 11 is 5.94. The molecule has 76 valence electrons. The van der Waals surface area contributed by atoms with Gasteiger partial charge in [0.15, 0.2) is 0 Å². The quantitative estimate of drug-likeness (QED) is 0.641. The minimum Gasteiger partial charge on any atom is -0.241 e. The third-order valence-corrected chi connectivity index (χ3v) is 3.31. The van der Waals surface area contributed by atoms with E-state index in [2.05, 4.69) is 24.9 Å². The van der Waals surface area contributed by atoms with Gasteiger partial charge in [-0.2, -0.15) is 0 Å². The number of aromatic nitrogens is 1. The molecule has 14 heavy (non-hydrogen) atoms. The molecule has 0 bridgehead atoms. The summed E-state index contributed by atoms with van der Waals surface area (Å²) in [5, 5.41) is 0.635. The summed E-state index contributed by atoms with van der Waals surface area (Å²) in [6.45, 7) is 4.53. The lowest BCUT2D eigenvalue weighted by Crippen LogP contribution is -2.16. The predicted octanol–water partition coefficient (Wildman–Crippen LogP) is 3.81. The highest BCUT2D eigenvalue weighted by Crippen LogP contribution is 2.35. The van der Waals surface area contributed by atoms with Gasteiger partial charge in [-0.05, 0) is 36.8 Å². The Labute approximate surface area is 90.5 Å². The largest absolute Gasteiger partial charge is 0.241 e. The molecular formula is C12H16ClN. The molecule has 1 aromatic rings. The first kappa shape index (κ1) is 9.97. The fraction of sp³-hybridized carbons (Fsp3) is 0.583. The van der Waals surface area contributed by atoms with Crippen molar-refractivity contribution >= 4 is 11.6 Å². The van der Waals surface area contributed by atoms with Crippen LogP contribution in [0.4, 0.5) is 0 Å². The predicted molar refractivity (Wildman–Crippen MR) is 59.8 cm³/mol. The monoisotopic (exact) mass is 209 g/mol. The molecule has 1 nitrogen and oxygen atoms in total. The van der Waals surface area contributed by atoms with E-state index in [-0.39, 0.29) is 0 Å². The molecule has 0 aromatic carbocycles. The average molecular weight is 210 g/mol. The Hall–Kier alpha value is -0.560. The number of hydrogen-bond acceptors (Lipinski definition) is 1. The van der Waals surface area contributed by atoms with Crippen molar-refractivity contribution in [1.82, 2.24) is 4.98 Å². The van der Waals surface area contributed by atoms with Gasteiger partial charge in [0.1, 0.15) is 5.15 Å². The zero-order chi connectivity index (χ0) is 10.1. The van der Waals surface area contributed by atoms with Crippen LogP contribution in [-0.2, 0) is 6.42 Å².